The number of hydrogen-bond donors (Lipinski definition) is 1. The molecule has 4 heteroatoms. The fourth-order valence-electron chi connectivity index (χ4n) is 1.37. The van der Waals surface area contributed by atoms with Crippen molar-refractivity contribution in [2.24, 2.45) is 0 Å². The average Bonchev–Trinajstić information content (AvgIpc) is 2.14. The van der Waals surface area contributed by atoms with Gasteiger partial charge in [0.05, 0.1) is 6.42 Å². The number of benzene rings is 1. The van der Waals surface area contributed by atoms with Gasteiger partial charge in [-0.3, -0.25) is 0 Å². The molecular weight excluding hydrogens is 203 g/mol. The molecule has 1 nitrogen and oxygen atoms in total. The molecular formula is C11H14F3N. The normalized spacial score (nSPS) is 13.9. The average molecular weight is 217 g/mol. The van der Waals surface area contributed by atoms with Crippen LogP contribution in [-0.2, 0) is 6.42 Å². The van der Waals surface area contributed by atoms with Crippen LogP contribution in [0.25, 0.3) is 0 Å². The maximum Gasteiger partial charge on any atom is 0.393 e. The Morgan fingerprint density at radius 1 is 1.33 bits per heavy atom. The van der Waals surface area contributed by atoms with Gasteiger partial charge in [0.1, 0.15) is 0 Å². The molecule has 0 amide bonds. The van der Waals surface area contributed by atoms with Gasteiger partial charge in [0.25, 0.3) is 0 Å². The summed E-state index contributed by atoms with van der Waals surface area (Å²) in [6.45, 7) is 1.91. The zero-order chi connectivity index (χ0) is 11.5. The van der Waals surface area contributed by atoms with E-state index in [0.717, 1.165) is 5.56 Å². The van der Waals surface area contributed by atoms with Crippen molar-refractivity contribution in [1.82, 2.24) is 5.32 Å². The van der Waals surface area contributed by atoms with E-state index in [0.29, 0.717) is 5.56 Å². The van der Waals surface area contributed by atoms with Crippen LogP contribution in [0.3, 0.4) is 0 Å². The first-order chi connectivity index (χ1) is 6.92. The Bertz CT molecular complexity index is 320. The van der Waals surface area contributed by atoms with E-state index < -0.39 is 12.6 Å². The Balaban J connectivity index is 2.83. The van der Waals surface area contributed by atoms with E-state index in [1.165, 1.54) is 6.07 Å². The lowest BCUT2D eigenvalue weighted by Crippen LogP contribution is -2.14. The van der Waals surface area contributed by atoms with Crippen molar-refractivity contribution in [3.8, 4) is 0 Å². The molecule has 1 aromatic carbocycles. The van der Waals surface area contributed by atoms with E-state index in [2.05, 4.69) is 5.32 Å². The highest BCUT2D eigenvalue weighted by molar-refractivity contribution is 5.26. The van der Waals surface area contributed by atoms with Gasteiger partial charge in [-0.15, -0.1) is 0 Å². The predicted octanol–water partition coefficient (Wildman–Crippen LogP) is 3.07. The van der Waals surface area contributed by atoms with E-state index in [9.17, 15) is 13.2 Å². The monoisotopic (exact) mass is 217 g/mol. The molecule has 1 aromatic rings. The highest BCUT2D eigenvalue weighted by Gasteiger charge is 2.27. The van der Waals surface area contributed by atoms with Crippen LogP contribution >= 0.6 is 0 Å². The van der Waals surface area contributed by atoms with Gasteiger partial charge in [-0.25, -0.2) is 0 Å². The van der Waals surface area contributed by atoms with Gasteiger partial charge < -0.3 is 5.32 Å². The van der Waals surface area contributed by atoms with Gasteiger partial charge in [-0.2, -0.15) is 13.2 Å². The standard InChI is InChI=1S/C11H14F3N/c1-8(15-2)10-5-3-4-9(6-10)7-11(12,13)14/h3-6,8,15H,7H2,1-2H3. The highest BCUT2D eigenvalue weighted by Crippen LogP contribution is 2.23. The molecule has 0 fully saturated rings. The second kappa shape index (κ2) is 4.66. The van der Waals surface area contributed by atoms with Gasteiger partial charge in [0, 0.05) is 6.04 Å². The molecule has 0 aromatic heterocycles. The van der Waals surface area contributed by atoms with Crippen LogP contribution in [0.4, 0.5) is 13.2 Å². The minimum absolute atomic E-state index is 0.0678. The smallest absolute Gasteiger partial charge is 0.313 e. The molecule has 1 atom stereocenters. The van der Waals surface area contributed by atoms with Crippen LogP contribution in [0.15, 0.2) is 24.3 Å². The van der Waals surface area contributed by atoms with E-state index >= 15 is 0 Å². The van der Waals surface area contributed by atoms with Crippen molar-refractivity contribution in [2.45, 2.75) is 25.6 Å². The summed E-state index contributed by atoms with van der Waals surface area (Å²) in [6.07, 6.45) is -5.00. The summed E-state index contributed by atoms with van der Waals surface area (Å²) in [7, 11) is 1.78. The second-order valence-electron chi connectivity index (χ2n) is 3.55. The van der Waals surface area contributed by atoms with E-state index in [4.69, 9.17) is 0 Å². The van der Waals surface area contributed by atoms with E-state index in [1.807, 2.05) is 13.0 Å². The Labute approximate surface area is 87.3 Å². The third-order valence-corrected chi connectivity index (χ3v) is 2.29. The number of hydrogen-bond acceptors (Lipinski definition) is 1. The lowest BCUT2D eigenvalue weighted by Gasteiger charge is -2.12. The van der Waals surface area contributed by atoms with E-state index in [1.54, 1.807) is 19.2 Å². The number of nitrogens with one attached hydrogen (secondary N) is 1. The van der Waals surface area contributed by atoms with Crippen LogP contribution in [0.5, 0.6) is 0 Å². The van der Waals surface area contributed by atoms with Crippen LogP contribution in [0.1, 0.15) is 24.1 Å². The molecule has 0 heterocycles. The van der Waals surface area contributed by atoms with Crippen molar-refractivity contribution in [3.63, 3.8) is 0 Å². The first-order valence-corrected chi connectivity index (χ1v) is 4.75. The molecule has 0 radical (unpaired) electrons. The molecule has 0 saturated heterocycles. The summed E-state index contributed by atoms with van der Waals surface area (Å²) < 4.78 is 36.4. The summed E-state index contributed by atoms with van der Waals surface area (Å²) >= 11 is 0. The molecule has 0 bridgehead atoms. The zero-order valence-corrected chi connectivity index (χ0v) is 8.73. The molecule has 1 rings (SSSR count). The second-order valence-corrected chi connectivity index (χ2v) is 3.55. The van der Waals surface area contributed by atoms with Crippen LogP contribution in [-0.4, -0.2) is 13.2 Å². The van der Waals surface area contributed by atoms with Gasteiger partial charge in [-0.05, 0) is 25.1 Å². The summed E-state index contributed by atoms with van der Waals surface area (Å²) in [5.41, 5.74) is 1.18. The first kappa shape index (κ1) is 12.0. The van der Waals surface area contributed by atoms with Crippen molar-refractivity contribution < 1.29 is 13.2 Å². The summed E-state index contributed by atoms with van der Waals surface area (Å²) in [6, 6.07) is 6.64. The maximum absolute atomic E-state index is 12.1. The largest absolute Gasteiger partial charge is 0.393 e. The first-order valence-electron chi connectivity index (χ1n) is 4.75. The van der Waals surface area contributed by atoms with E-state index in [-0.39, 0.29) is 6.04 Å². The molecule has 84 valence electrons. The zero-order valence-electron chi connectivity index (χ0n) is 8.73. The fraction of sp³-hybridized carbons (Fsp3) is 0.455. The molecule has 0 saturated carbocycles. The van der Waals surface area contributed by atoms with Gasteiger partial charge in [0.15, 0.2) is 0 Å². The van der Waals surface area contributed by atoms with Gasteiger partial charge in [-0.1, -0.05) is 24.3 Å². The molecule has 0 aliphatic carbocycles. The van der Waals surface area contributed by atoms with Crippen LogP contribution in [0.2, 0.25) is 0 Å². The lowest BCUT2D eigenvalue weighted by molar-refractivity contribution is -0.127. The van der Waals surface area contributed by atoms with Crippen LogP contribution in [0, 0.1) is 0 Å². The lowest BCUT2D eigenvalue weighted by atomic mass is 10.0. The maximum atomic E-state index is 12.1. The third kappa shape index (κ3) is 3.91. The Morgan fingerprint density at radius 2 is 2.00 bits per heavy atom. The number of rotatable bonds is 3. The molecule has 1 unspecified atom stereocenters. The van der Waals surface area contributed by atoms with Crippen molar-refractivity contribution in [1.29, 1.82) is 0 Å². The highest BCUT2D eigenvalue weighted by atomic mass is 19.4. The quantitative estimate of drug-likeness (QED) is 0.820. The molecule has 0 aliphatic heterocycles. The topological polar surface area (TPSA) is 12.0 Å². The number of halogens is 3. The van der Waals surface area contributed by atoms with Gasteiger partial charge >= 0.3 is 6.18 Å². The summed E-state index contributed by atoms with van der Waals surface area (Å²) in [5, 5.41) is 2.99. The Morgan fingerprint density at radius 3 is 2.53 bits per heavy atom. The third-order valence-electron chi connectivity index (χ3n) is 2.29. The Hall–Kier alpha value is -1.03. The molecule has 15 heavy (non-hydrogen) atoms. The minimum atomic E-state index is -4.14. The minimum Gasteiger partial charge on any atom is -0.313 e. The Kier molecular flexibility index (Phi) is 3.74. The van der Waals surface area contributed by atoms with Crippen molar-refractivity contribution in [2.75, 3.05) is 7.05 Å². The summed E-state index contributed by atoms with van der Waals surface area (Å²) in [5.74, 6) is 0. The van der Waals surface area contributed by atoms with Crippen LogP contribution < -0.4 is 5.32 Å². The molecule has 0 aliphatic rings. The van der Waals surface area contributed by atoms with Crippen molar-refractivity contribution >= 4 is 0 Å². The molecule has 1 N–H and O–H groups in total. The predicted molar refractivity (Wildman–Crippen MR) is 53.7 cm³/mol. The number of alkyl halides is 3. The van der Waals surface area contributed by atoms with Crippen molar-refractivity contribution in [3.05, 3.63) is 35.4 Å². The van der Waals surface area contributed by atoms with Gasteiger partial charge in [0.2, 0.25) is 0 Å². The fourth-order valence-corrected chi connectivity index (χ4v) is 1.37. The summed E-state index contributed by atoms with van der Waals surface area (Å²) in [4.78, 5) is 0. The SMILES string of the molecule is CNC(C)c1cccc(CC(F)(F)F)c1. The molecule has 0 spiro atoms.